The monoisotopic (exact) mass is 313 g/mol. The highest BCUT2D eigenvalue weighted by Gasteiger charge is 2.10. The van der Waals surface area contributed by atoms with Gasteiger partial charge in [0.15, 0.2) is 11.5 Å². The van der Waals surface area contributed by atoms with Crippen LogP contribution in [0, 0.1) is 0 Å². The summed E-state index contributed by atoms with van der Waals surface area (Å²) >= 11 is 6.35. The number of hydrogen-bond donors (Lipinski definition) is 1. The van der Waals surface area contributed by atoms with Gasteiger partial charge in [-0.3, -0.25) is 0 Å². The van der Waals surface area contributed by atoms with Crippen molar-refractivity contribution in [3.8, 4) is 11.5 Å². The molecule has 1 aromatic carbocycles. The van der Waals surface area contributed by atoms with Crippen molar-refractivity contribution < 1.29 is 9.47 Å². The predicted molar refractivity (Wildman–Crippen MR) is 89.9 cm³/mol. The number of nitrogens with one attached hydrogen (secondary N) is 1. The first-order chi connectivity index (χ1) is 10.1. The minimum atomic E-state index is 0.545. The Hall–Kier alpha value is -0.930. The number of rotatable bonds is 10. The summed E-state index contributed by atoms with van der Waals surface area (Å²) in [6.45, 7) is 10.5. The molecule has 0 spiro atoms. The number of hydrogen-bond acceptors (Lipinski definition) is 3. The second-order valence-electron chi connectivity index (χ2n) is 5.32. The van der Waals surface area contributed by atoms with Crippen LogP contribution >= 0.6 is 11.6 Å². The molecule has 0 aliphatic rings. The van der Waals surface area contributed by atoms with Crippen LogP contribution in [0.3, 0.4) is 0 Å². The average molecular weight is 314 g/mol. The van der Waals surface area contributed by atoms with Crippen molar-refractivity contribution in [1.82, 2.24) is 5.32 Å². The zero-order valence-electron chi connectivity index (χ0n) is 13.7. The van der Waals surface area contributed by atoms with Crippen LogP contribution in [0.2, 0.25) is 5.02 Å². The van der Waals surface area contributed by atoms with Gasteiger partial charge in [-0.25, -0.2) is 0 Å². The Morgan fingerprint density at radius 1 is 1.05 bits per heavy atom. The third-order valence-electron chi connectivity index (χ3n) is 3.14. The largest absolute Gasteiger partial charge is 0.490 e. The van der Waals surface area contributed by atoms with Crippen molar-refractivity contribution in [2.45, 2.75) is 53.0 Å². The van der Waals surface area contributed by atoms with Crippen LogP contribution in [0.5, 0.6) is 11.5 Å². The van der Waals surface area contributed by atoms with Crippen LogP contribution < -0.4 is 14.8 Å². The van der Waals surface area contributed by atoms with E-state index in [1.165, 1.54) is 0 Å². The number of halogens is 1. The molecule has 0 radical (unpaired) electrons. The molecule has 0 saturated heterocycles. The van der Waals surface area contributed by atoms with Gasteiger partial charge in [0.2, 0.25) is 0 Å². The summed E-state index contributed by atoms with van der Waals surface area (Å²) in [5.41, 5.74) is 1.13. The van der Waals surface area contributed by atoms with Crippen LogP contribution in [0.25, 0.3) is 0 Å². The fraction of sp³-hybridized carbons (Fsp3) is 0.647. The van der Waals surface area contributed by atoms with Crippen LogP contribution in [0.15, 0.2) is 12.1 Å². The van der Waals surface area contributed by atoms with Gasteiger partial charge in [-0.15, -0.1) is 0 Å². The molecule has 0 fully saturated rings. The van der Waals surface area contributed by atoms with Gasteiger partial charge in [0.25, 0.3) is 0 Å². The fourth-order valence-electron chi connectivity index (χ4n) is 2.14. The Bertz CT molecular complexity index is 421. The molecular formula is C17H28ClNO2. The molecule has 0 saturated carbocycles. The van der Waals surface area contributed by atoms with E-state index in [0.717, 1.165) is 47.9 Å². The van der Waals surface area contributed by atoms with Gasteiger partial charge in [0.1, 0.15) is 0 Å². The van der Waals surface area contributed by atoms with E-state index >= 15 is 0 Å². The van der Waals surface area contributed by atoms with E-state index < -0.39 is 0 Å². The molecule has 0 amide bonds. The Kier molecular flexibility index (Phi) is 8.55. The van der Waals surface area contributed by atoms with Gasteiger partial charge >= 0.3 is 0 Å². The van der Waals surface area contributed by atoms with E-state index in [-0.39, 0.29) is 0 Å². The van der Waals surface area contributed by atoms with Crippen LogP contribution in [-0.4, -0.2) is 25.8 Å². The topological polar surface area (TPSA) is 30.5 Å². The Labute approximate surface area is 134 Å². The minimum absolute atomic E-state index is 0.545. The molecule has 120 valence electrons. The van der Waals surface area contributed by atoms with Gasteiger partial charge in [0.05, 0.1) is 13.2 Å². The second-order valence-corrected chi connectivity index (χ2v) is 5.73. The molecule has 0 heterocycles. The van der Waals surface area contributed by atoms with E-state index in [4.69, 9.17) is 21.1 Å². The molecule has 1 N–H and O–H groups in total. The highest BCUT2D eigenvalue weighted by Crippen LogP contribution is 2.34. The highest BCUT2D eigenvalue weighted by atomic mass is 35.5. The lowest BCUT2D eigenvalue weighted by Gasteiger charge is -2.14. The molecule has 1 rings (SSSR count). The molecule has 0 bridgehead atoms. The van der Waals surface area contributed by atoms with Crippen molar-refractivity contribution >= 4 is 11.6 Å². The standard InChI is InChI=1S/C17H28ClNO2/c1-5-20-16-11-14(9-7-8-10-19-13(3)4)15(18)12-17(16)21-6-2/h11-13,19H,5-10H2,1-4H3. The lowest BCUT2D eigenvalue weighted by atomic mass is 10.1. The number of ether oxygens (including phenoxy) is 2. The lowest BCUT2D eigenvalue weighted by molar-refractivity contribution is 0.287. The third kappa shape index (κ3) is 6.58. The van der Waals surface area contributed by atoms with Gasteiger partial charge in [-0.05, 0) is 51.3 Å². The van der Waals surface area contributed by atoms with Crippen LogP contribution in [-0.2, 0) is 6.42 Å². The molecule has 0 atom stereocenters. The smallest absolute Gasteiger partial charge is 0.162 e. The van der Waals surface area contributed by atoms with Gasteiger partial charge in [-0.2, -0.15) is 0 Å². The minimum Gasteiger partial charge on any atom is -0.490 e. The van der Waals surface area contributed by atoms with Crippen molar-refractivity contribution in [2.75, 3.05) is 19.8 Å². The van der Waals surface area contributed by atoms with Gasteiger partial charge in [0, 0.05) is 17.1 Å². The Morgan fingerprint density at radius 3 is 2.24 bits per heavy atom. The van der Waals surface area contributed by atoms with Gasteiger partial charge in [-0.1, -0.05) is 25.4 Å². The second kappa shape index (κ2) is 9.91. The van der Waals surface area contributed by atoms with Crippen molar-refractivity contribution in [3.05, 3.63) is 22.7 Å². The van der Waals surface area contributed by atoms with Crippen molar-refractivity contribution in [2.24, 2.45) is 0 Å². The third-order valence-corrected chi connectivity index (χ3v) is 3.49. The molecule has 0 aromatic heterocycles. The van der Waals surface area contributed by atoms with Crippen LogP contribution in [0.1, 0.15) is 46.1 Å². The molecule has 3 nitrogen and oxygen atoms in total. The lowest BCUT2D eigenvalue weighted by Crippen LogP contribution is -2.23. The summed E-state index contributed by atoms with van der Waals surface area (Å²) in [5.74, 6) is 1.52. The first-order valence-electron chi connectivity index (χ1n) is 7.89. The molecule has 1 aromatic rings. The summed E-state index contributed by atoms with van der Waals surface area (Å²) in [6.07, 6.45) is 3.22. The zero-order chi connectivity index (χ0) is 15.7. The van der Waals surface area contributed by atoms with E-state index in [2.05, 4.69) is 19.2 Å². The van der Waals surface area contributed by atoms with Gasteiger partial charge < -0.3 is 14.8 Å². The summed E-state index contributed by atoms with van der Waals surface area (Å²) in [6, 6.07) is 4.44. The van der Waals surface area contributed by atoms with E-state index in [1.54, 1.807) is 0 Å². The molecule has 0 aliphatic heterocycles. The molecule has 0 unspecified atom stereocenters. The zero-order valence-corrected chi connectivity index (χ0v) is 14.4. The first kappa shape index (κ1) is 18.1. The molecule has 4 heteroatoms. The number of benzene rings is 1. The average Bonchev–Trinajstić information content (AvgIpc) is 2.43. The molecule has 0 aliphatic carbocycles. The van der Waals surface area contributed by atoms with E-state index in [9.17, 15) is 0 Å². The normalized spacial score (nSPS) is 11.0. The first-order valence-corrected chi connectivity index (χ1v) is 8.27. The van der Waals surface area contributed by atoms with Crippen LogP contribution in [0.4, 0.5) is 0 Å². The maximum absolute atomic E-state index is 6.35. The number of aryl methyl sites for hydroxylation is 1. The Morgan fingerprint density at radius 2 is 1.67 bits per heavy atom. The quantitative estimate of drug-likeness (QED) is 0.647. The van der Waals surface area contributed by atoms with E-state index in [1.807, 2.05) is 26.0 Å². The summed E-state index contributed by atoms with van der Waals surface area (Å²) in [5, 5.41) is 4.19. The SMILES string of the molecule is CCOc1cc(Cl)c(CCCCNC(C)C)cc1OCC. The molecular weight excluding hydrogens is 286 g/mol. The summed E-state index contributed by atoms with van der Waals surface area (Å²) in [7, 11) is 0. The fourth-order valence-corrected chi connectivity index (χ4v) is 2.38. The van der Waals surface area contributed by atoms with E-state index in [0.29, 0.717) is 19.3 Å². The predicted octanol–water partition coefficient (Wildman–Crippen LogP) is 4.46. The maximum Gasteiger partial charge on any atom is 0.162 e. The van der Waals surface area contributed by atoms with Crippen molar-refractivity contribution in [1.29, 1.82) is 0 Å². The van der Waals surface area contributed by atoms with Crippen molar-refractivity contribution in [3.63, 3.8) is 0 Å². The Balaban J connectivity index is 2.62. The molecule has 21 heavy (non-hydrogen) atoms. The maximum atomic E-state index is 6.35. The number of unbranched alkanes of at least 4 members (excludes halogenated alkanes) is 1. The summed E-state index contributed by atoms with van der Waals surface area (Å²) < 4.78 is 11.2. The summed E-state index contributed by atoms with van der Waals surface area (Å²) in [4.78, 5) is 0. The highest BCUT2D eigenvalue weighted by molar-refractivity contribution is 6.31.